The molecule has 0 aliphatic carbocycles. The number of rotatable bonds is 3. The fraction of sp³-hybridized carbons (Fsp3) is 0.632. The molecule has 2 saturated heterocycles. The highest BCUT2D eigenvalue weighted by molar-refractivity contribution is 5.77. The molecule has 2 fully saturated rings. The second-order valence-corrected chi connectivity index (χ2v) is 7.01. The third kappa shape index (κ3) is 3.29. The van der Waals surface area contributed by atoms with Crippen molar-refractivity contribution in [1.29, 1.82) is 0 Å². The summed E-state index contributed by atoms with van der Waals surface area (Å²) in [5.74, 6) is 0.954. The molecule has 22 heavy (non-hydrogen) atoms. The summed E-state index contributed by atoms with van der Waals surface area (Å²) in [7, 11) is 0. The Hall–Kier alpha value is -1.51. The van der Waals surface area contributed by atoms with Gasteiger partial charge < -0.3 is 9.80 Å². The van der Waals surface area contributed by atoms with E-state index in [0.717, 1.165) is 45.3 Å². The number of benzene rings is 1. The smallest absolute Gasteiger partial charge is 0.222 e. The third-order valence-electron chi connectivity index (χ3n) is 5.17. The molecule has 3 nitrogen and oxygen atoms in total. The van der Waals surface area contributed by atoms with Gasteiger partial charge in [0, 0.05) is 37.8 Å². The molecule has 1 aromatic carbocycles. The van der Waals surface area contributed by atoms with Crippen LogP contribution in [0.1, 0.15) is 57.4 Å². The maximum Gasteiger partial charge on any atom is 0.222 e. The second-order valence-electron chi connectivity index (χ2n) is 7.01. The highest BCUT2D eigenvalue weighted by Gasteiger charge is 2.29. The molecule has 2 aliphatic rings. The van der Waals surface area contributed by atoms with Gasteiger partial charge in [-0.15, -0.1) is 0 Å². The van der Waals surface area contributed by atoms with Crippen LogP contribution in [-0.4, -0.2) is 36.5 Å². The molecule has 3 heteroatoms. The van der Waals surface area contributed by atoms with E-state index in [4.69, 9.17) is 0 Å². The first-order chi connectivity index (χ1) is 10.6. The van der Waals surface area contributed by atoms with Gasteiger partial charge in [0.2, 0.25) is 5.91 Å². The molecule has 3 rings (SSSR count). The molecule has 0 unspecified atom stereocenters. The first-order valence-electron chi connectivity index (χ1n) is 8.79. The lowest BCUT2D eigenvalue weighted by atomic mass is 9.98. The van der Waals surface area contributed by atoms with E-state index in [1.54, 1.807) is 0 Å². The highest BCUT2D eigenvalue weighted by atomic mass is 16.2. The lowest BCUT2D eigenvalue weighted by molar-refractivity contribution is -0.136. The van der Waals surface area contributed by atoms with E-state index in [1.165, 1.54) is 17.7 Å². The number of amides is 1. The molecule has 1 aromatic rings. The van der Waals surface area contributed by atoms with Gasteiger partial charge in [-0.25, -0.2) is 0 Å². The van der Waals surface area contributed by atoms with Crippen LogP contribution in [0, 0.1) is 0 Å². The monoisotopic (exact) mass is 300 g/mol. The number of carbonyl (C=O) groups is 1. The van der Waals surface area contributed by atoms with Gasteiger partial charge in [-0.2, -0.15) is 0 Å². The van der Waals surface area contributed by atoms with Gasteiger partial charge in [0.25, 0.3) is 0 Å². The van der Waals surface area contributed by atoms with Gasteiger partial charge >= 0.3 is 0 Å². The average molecular weight is 300 g/mol. The highest BCUT2D eigenvalue weighted by Crippen LogP contribution is 2.27. The maximum absolute atomic E-state index is 12.1. The average Bonchev–Trinajstić information content (AvgIpc) is 2.56. The fourth-order valence-electron chi connectivity index (χ4n) is 3.73. The Morgan fingerprint density at radius 2 is 1.86 bits per heavy atom. The van der Waals surface area contributed by atoms with Crippen molar-refractivity contribution < 1.29 is 4.79 Å². The third-order valence-corrected chi connectivity index (χ3v) is 5.17. The van der Waals surface area contributed by atoms with Crippen molar-refractivity contribution in [2.24, 2.45) is 0 Å². The van der Waals surface area contributed by atoms with Crippen LogP contribution >= 0.6 is 0 Å². The number of nitrogens with zero attached hydrogens (tertiary/aromatic N) is 2. The van der Waals surface area contributed by atoms with Gasteiger partial charge in [0.15, 0.2) is 0 Å². The minimum absolute atomic E-state index is 0.381. The largest absolute Gasteiger partial charge is 0.371 e. The Morgan fingerprint density at radius 3 is 2.55 bits per heavy atom. The molecule has 0 saturated carbocycles. The molecule has 0 bridgehead atoms. The second kappa shape index (κ2) is 6.72. The number of anilines is 1. The van der Waals surface area contributed by atoms with Crippen molar-refractivity contribution >= 4 is 11.6 Å². The van der Waals surface area contributed by atoms with E-state index in [1.807, 2.05) is 0 Å². The number of piperidine rings is 2. The number of likely N-dealkylation sites (tertiary alicyclic amines) is 1. The summed E-state index contributed by atoms with van der Waals surface area (Å²) in [4.78, 5) is 16.7. The Labute approximate surface area is 134 Å². The van der Waals surface area contributed by atoms with E-state index in [0.29, 0.717) is 17.9 Å². The van der Waals surface area contributed by atoms with E-state index >= 15 is 0 Å². The van der Waals surface area contributed by atoms with Crippen LogP contribution in [0.15, 0.2) is 24.3 Å². The molecule has 0 spiro atoms. The fourth-order valence-corrected chi connectivity index (χ4v) is 3.73. The van der Waals surface area contributed by atoms with Crippen molar-refractivity contribution in [2.45, 2.75) is 57.9 Å². The van der Waals surface area contributed by atoms with Crippen molar-refractivity contribution in [2.75, 3.05) is 24.5 Å². The van der Waals surface area contributed by atoms with Crippen LogP contribution in [-0.2, 0) is 4.79 Å². The number of hydrogen-bond acceptors (Lipinski definition) is 2. The molecule has 0 radical (unpaired) electrons. The zero-order chi connectivity index (χ0) is 15.5. The standard InChI is InChI=1S/C19H28N2O/c1-15(2)16-6-5-7-18(14-16)20-12-9-17(10-13-20)21-11-4-3-8-19(21)22/h5-7,14-15,17H,3-4,8-13H2,1-2H3. The Bertz CT molecular complexity index is 518. The Kier molecular flexibility index (Phi) is 4.70. The SMILES string of the molecule is CC(C)c1cccc(N2CCC(N3CCCCC3=O)CC2)c1. The van der Waals surface area contributed by atoms with Crippen LogP contribution in [0.5, 0.6) is 0 Å². The van der Waals surface area contributed by atoms with Crippen LogP contribution in [0.2, 0.25) is 0 Å². The van der Waals surface area contributed by atoms with E-state index in [2.05, 4.69) is 47.9 Å². The van der Waals surface area contributed by atoms with E-state index < -0.39 is 0 Å². The summed E-state index contributed by atoms with van der Waals surface area (Å²) in [6.45, 7) is 7.60. The first-order valence-corrected chi connectivity index (χ1v) is 8.79. The Morgan fingerprint density at radius 1 is 1.09 bits per heavy atom. The summed E-state index contributed by atoms with van der Waals surface area (Å²) in [5, 5.41) is 0. The quantitative estimate of drug-likeness (QED) is 0.848. The van der Waals surface area contributed by atoms with Crippen LogP contribution in [0.25, 0.3) is 0 Å². The summed E-state index contributed by atoms with van der Waals surface area (Å²) >= 11 is 0. The molecule has 1 amide bonds. The summed E-state index contributed by atoms with van der Waals surface area (Å²) < 4.78 is 0. The maximum atomic E-state index is 12.1. The van der Waals surface area contributed by atoms with Crippen LogP contribution in [0.3, 0.4) is 0 Å². The molecule has 120 valence electrons. The molecular weight excluding hydrogens is 272 g/mol. The summed E-state index contributed by atoms with van der Waals surface area (Å²) in [5.41, 5.74) is 2.75. The molecule has 2 heterocycles. The normalized spacial score (nSPS) is 20.8. The molecule has 0 aromatic heterocycles. The molecule has 0 N–H and O–H groups in total. The first kappa shape index (κ1) is 15.4. The van der Waals surface area contributed by atoms with Crippen molar-refractivity contribution in [3.8, 4) is 0 Å². The van der Waals surface area contributed by atoms with Crippen molar-refractivity contribution in [3.63, 3.8) is 0 Å². The molecular formula is C19H28N2O. The predicted octanol–water partition coefficient (Wildman–Crippen LogP) is 3.79. The number of carbonyl (C=O) groups excluding carboxylic acids is 1. The minimum atomic E-state index is 0.381. The zero-order valence-corrected chi connectivity index (χ0v) is 13.9. The van der Waals surface area contributed by atoms with Gasteiger partial charge in [-0.3, -0.25) is 4.79 Å². The van der Waals surface area contributed by atoms with Gasteiger partial charge in [0.1, 0.15) is 0 Å². The van der Waals surface area contributed by atoms with E-state index in [-0.39, 0.29) is 0 Å². The predicted molar refractivity (Wildman–Crippen MR) is 91.3 cm³/mol. The van der Waals surface area contributed by atoms with Gasteiger partial charge in [-0.05, 0) is 49.3 Å². The lowest BCUT2D eigenvalue weighted by Crippen LogP contribution is -2.49. The Balaban J connectivity index is 1.61. The van der Waals surface area contributed by atoms with Crippen molar-refractivity contribution in [3.05, 3.63) is 29.8 Å². The van der Waals surface area contributed by atoms with Crippen LogP contribution < -0.4 is 4.90 Å². The van der Waals surface area contributed by atoms with E-state index in [9.17, 15) is 4.79 Å². The molecule has 2 aliphatic heterocycles. The van der Waals surface area contributed by atoms with Gasteiger partial charge in [-0.1, -0.05) is 26.0 Å². The van der Waals surface area contributed by atoms with Crippen LogP contribution in [0.4, 0.5) is 5.69 Å². The summed E-state index contributed by atoms with van der Waals surface area (Å²) in [6.07, 6.45) is 5.24. The minimum Gasteiger partial charge on any atom is -0.371 e. The number of hydrogen-bond donors (Lipinski definition) is 0. The topological polar surface area (TPSA) is 23.6 Å². The summed E-state index contributed by atoms with van der Waals surface area (Å²) in [6, 6.07) is 9.41. The molecule has 0 atom stereocenters. The van der Waals surface area contributed by atoms with Gasteiger partial charge in [0.05, 0.1) is 0 Å². The zero-order valence-electron chi connectivity index (χ0n) is 13.9. The lowest BCUT2D eigenvalue weighted by Gasteiger charge is -2.41. The van der Waals surface area contributed by atoms with Crippen molar-refractivity contribution in [1.82, 2.24) is 4.90 Å².